The molecule has 12 heteroatoms. The van der Waals surface area contributed by atoms with Gasteiger partial charge in [-0.15, -0.1) is 0 Å². The second-order valence-electron chi connectivity index (χ2n) is 8.48. The van der Waals surface area contributed by atoms with Crippen LogP contribution in [0.3, 0.4) is 0 Å². The van der Waals surface area contributed by atoms with Gasteiger partial charge in [-0.25, -0.2) is 0 Å². The van der Waals surface area contributed by atoms with Gasteiger partial charge in [0.15, 0.2) is 17.3 Å². The summed E-state index contributed by atoms with van der Waals surface area (Å²) in [4.78, 5) is 39.0. The smallest absolute Gasteiger partial charge is 0.248 e. The normalized spacial score (nSPS) is 21.0. The zero-order chi connectivity index (χ0) is 26.3. The van der Waals surface area contributed by atoms with Crippen LogP contribution in [0.5, 0.6) is 17.2 Å². The zero-order valence-corrected chi connectivity index (χ0v) is 20.8. The van der Waals surface area contributed by atoms with E-state index in [1.54, 1.807) is 31.5 Å². The average molecular weight is 525 g/mol. The number of aliphatic hydroxyl groups is 1. The third kappa shape index (κ3) is 3.82. The number of carbonyl (C=O) groups is 2. The molecule has 0 amide bonds. The van der Waals surface area contributed by atoms with E-state index in [4.69, 9.17) is 30.3 Å². The molecule has 0 fully saturated rings. The monoisotopic (exact) mass is 524 g/mol. The van der Waals surface area contributed by atoms with Crippen molar-refractivity contribution in [3.8, 4) is 28.6 Å². The Bertz CT molecular complexity index is 1470. The molecule has 37 heavy (non-hydrogen) atoms. The van der Waals surface area contributed by atoms with Crippen LogP contribution in [0.2, 0.25) is 5.02 Å². The highest BCUT2D eigenvalue weighted by Crippen LogP contribution is 2.54. The predicted molar refractivity (Wildman–Crippen MR) is 130 cm³/mol. The van der Waals surface area contributed by atoms with E-state index in [0.29, 0.717) is 11.4 Å². The van der Waals surface area contributed by atoms with E-state index in [-0.39, 0.29) is 52.3 Å². The highest BCUT2D eigenvalue weighted by Gasteiger charge is 2.60. The Morgan fingerprint density at radius 2 is 2.08 bits per heavy atom. The topological polar surface area (TPSA) is 146 Å². The van der Waals surface area contributed by atoms with E-state index < -0.39 is 28.8 Å². The molecule has 190 valence electrons. The van der Waals surface area contributed by atoms with Gasteiger partial charge in [0.25, 0.3) is 0 Å². The number of rotatable bonds is 6. The Morgan fingerprint density at radius 3 is 2.78 bits per heavy atom. The molecule has 1 N–H and O–H groups in total. The van der Waals surface area contributed by atoms with Gasteiger partial charge >= 0.3 is 0 Å². The first kappa shape index (κ1) is 24.4. The number of aliphatic hydroxyl groups excluding tert-OH is 1. The van der Waals surface area contributed by atoms with Crippen LogP contribution in [-0.2, 0) is 11.3 Å². The lowest BCUT2D eigenvalue weighted by atomic mass is 9.73. The molecule has 1 spiro atoms. The molecule has 5 rings (SSSR count). The van der Waals surface area contributed by atoms with Gasteiger partial charge in [0.1, 0.15) is 28.6 Å². The quantitative estimate of drug-likeness (QED) is 0.472. The summed E-state index contributed by atoms with van der Waals surface area (Å²) in [6, 6.07) is 4.99. The minimum Gasteiger partial charge on any atom is -0.507 e. The molecule has 1 aromatic carbocycles. The Morgan fingerprint density at radius 1 is 1.30 bits per heavy atom. The number of ether oxygens (including phenoxy) is 3. The number of hydrogen-bond acceptors (Lipinski definition) is 11. The minimum atomic E-state index is -1.88. The Labute approximate surface area is 215 Å². The van der Waals surface area contributed by atoms with Crippen molar-refractivity contribution in [1.29, 1.82) is 0 Å². The fraction of sp³-hybridized carbons (Fsp3) is 0.280. The van der Waals surface area contributed by atoms with Crippen LogP contribution in [0.25, 0.3) is 11.4 Å². The lowest BCUT2D eigenvalue weighted by Crippen LogP contribution is -2.52. The van der Waals surface area contributed by atoms with Crippen molar-refractivity contribution in [2.24, 2.45) is 10.9 Å². The van der Waals surface area contributed by atoms with E-state index in [0.717, 1.165) is 0 Å². The lowest BCUT2D eigenvalue weighted by Gasteiger charge is -2.36. The van der Waals surface area contributed by atoms with E-state index in [1.165, 1.54) is 26.5 Å². The molecule has 0 unspecified atom stereocenters. The number of Topliss-reactive ketones (excluding diaryl/α,β-unsaturated/α-hetero) is 2. The number of ketones is 2. The van der Waals surface area contributed by atoms with Crippen molar-refractivity contribution >= 4 is 29.4 Å². The van der Waals surface area contributed by atoms with Gasteiger partial charge in [0, 0.05) is 42.6 Å². The first-order chi connectivity index (χ1) is 17.8. The highest BCUT2D eigenvalue weighted by molar-refractivity contribution is 6.35. The summed E-state index contributed by atoms with van der Waals surface area (Å²) in [5.74, 6) is -1.29. The number of fused-ring (bicyclic) bond motifs is 1. The first-order valence-electron chi connectivity index (χ1n) is 11.2. The molecule has 2 aliphatic rings. The molecule has 1 aliphatic carbocycles. The third-order valence-corrected chi connectivity index (χ3v) is 6.70. The standard InChI is InChI=1S/C25H21ClN4O7/c1-12-7-15(31)14(10-28-11-18-29-24(30-37-18)13-5-4-6-27-9-13)22(32)25(12)23(33)19-16(34-2)8-17(35-3)20(26)21(19)36-25/h4-6,8-10,12,32H,7,11H2,1-3H3/t12-,25+/m1/s1. The Hall–Kier alpha value is -4.25. The number of benzene rings is 1. The molecule has 0 saturated carbocycles. The van der Waals surface area contributed by atoms with Crippen LogP contribution in [0.1, 0.15) is 29.6 Å². The molecule has 11 nitrogen and oxygen atoms in total. The Balaban J connectivity index is 1.48. The number of aliphatic imine (C=N–C) groups is 1. The number of allylic oxidation sites excluding steroid dienone is 1. The average Bonchev–Trinajstić information content (AvgIpc) is 3.50. The van der Waals surface area contributed by atoms with E-state index in [2.05, 4.69) is 20.1 Å². The molecule has 0 bridgehead atoms. The largest absolute Gasteiger partial charge is 0.507 e. The maximum Gasteiger partial charge on any atom is 0.248 e. The van der Waals surface area contributed by atoms with E-state index >= 15 is 0 Å². The third-order valence-electron chi connectivity index (χ3n) is 6.35. The number of methoxy groups -OCH3 is 2. The fourth-order valence-corrected chi connectivity index (χ4v) is 4.72. The molecule has 2 atom stereocenters. The van der Waals surface area contributed by atoms with Crippen molar-refractivity contribution in [2.45, 2.75) is 25.5 Å². The van der Waals surface area contributed by atoms with Crippen LogP contribution in [0.4, 0.5) is 0 Å². The van der Waals surface area contributed by atoms with Gasteiger partial charge in [0.05, 0.1) is 19.8 Å². The summed E-state index contributed by atoms with van der Waals surface area (Å²) in [6.45, 7) is 1.58. The van der Waals surface area contributed by atoms with Gasteiger partial charge in [0.2, 0.25) is 23.1 Å². The van der Waals surface area contributed by atoms with Crippen LogP contribution < -0.4 is 14.2 Å². The van der Waals surface area contributed by atoms with Crippen molar-refractivity contribution in [3.05, 3.63) is 58.4 Å². The van der Waals surface area contributed by atoms with Crippen LogP contribution in [0, 0.1) is 5.92 Å². The molecule has 3 aromatic rings. The van der Waals surface area contributed by atoms with Crippen molar-refractivity contribution in [2.75, 3.05) is 14.2 Å². The minimum absolute atomic E-state index is 0.0145. The summed E-state index contributed by atoms with van der Waals surface area (Å²) in [5, 5.41) is 15.2. The van der Waals surface area contributed by atoms with Crippen LogP contribution >= 0.6 is 11.6 Å². The van der Waals surface area contributed by atoms with Crippen LogP contribution in [0.15, 0.2) is 51.4 Å². The molecule has 0 radical (unpaired) electrons. The molecule has 2 aromatic heterocycles. The van der Waals surface area contributed by atoms with Gasteiger partial charge in [-0.2, -0.15) is 4.98 Å². The van der Waals surface area contributed by atoms with E-state index in [9.17, 15) is 14.7 Å². The molecule has 3 heterocycles. The number of halogens is 1. The maximum atomic E-state index is 13.7. The summed E-state index contributed by atoms with van der Waals surface area (Å²) in [5.41, 5.74) is -1.30. The zero-order valence-electron chi connectivity index (χ0n) is 20.0. The summed E-state index contributed by atoms with van der Waals surface area (Å²) >= 11 is 6.43. The molecule has 1 aliphatic heterocycles. The summed E-state index contributed by atoms with van der Waals surface area (Å²) in [7, 11) is 2.80. The van der Waals surface area contributed by atoms with Gasteiger partial charge < -0.3 is 23.8 Å². The lowest BCUT2D eigenvalue weighted by molar-refractivity contribution is -0.118. The summed E-state index contributed by atoms with van der Waals surface area (Å²) < 4.78 is 21.9. The van der Waals surface area contributed by atoms with Crippen LogP contribution in [-0.4, -0.2) is 57.8 Å². The van der Waals surface area contributed by atoms with E-state index in [1.807, 2.05) is 0 Å². The summed E-state index contributed by atoms with van der Waals surface area (Å²) in [6.07, 6.45) is 4.32. The second-order valence-corrected chi connectivity index (χ2v) is 8.86. The SMILES string of the molecule is COc1cc(OC)c2c(c1Cl)O[C@]1(C2=O)C(O)=C(C=NCc2nc(-c3cccnc3)no2)C(=O)C[C@H]1C. The van der Waals surface area contributed by atoms with Gasteiger partial charge in [-0.3, -0.25) is 19.6 Å². The van der Waals surface area contributed by atoms with Crippen molar-refractivity contribution in [1.82, 2.24) is 15.1 Å². The molecule has 0 saturated heterocycles. The number of hydrogen-bond donors (Lipinski definition) is 1. The highest BCUT2D eigenvalue weighted by atomic mass is 35.5. The first-order valence-corrected chi connectivity index (χ1v) is 11.6. The number of nitrogens with zero attached hydrogens (tertiary/aromatic N) is 4. The second kappa shape index (κ2) is 9.32. The molecular weight excluding hydrogens is 504 g/mol. The maximum absolute atomic E-state index is 13.7. The predicted octanol–water partition coefficient (Wildman–Crippen LogP) is 3.81. The fourth-order valence-electron chi connectivity index (χ4n) is 4.46. The number of carbonyl (C=O) groups excluding carboxylic acids is 2. The van der Waals surface area contributed by atoms with Gasteiger partial charge in [-0.1, -0.05) is 23.7 Å². The number of aromatic nitrogens is 3. The van der Waals surface area contributed by atoms with Crippen molar-refractivity contribution < 1.29 is 33.4 Å². The Kier molecular flexibility index (Phi) is 6.16. The molecular formula is C25H21ClN4O7. The van der Waals surface area contributed by atoms with Gasteiger partial charge in [-0.05, 0) is 12.1 Å². The number of pyridine rings is 1. The van der Waals surface area contributed by atoms with Crippen molar-refractivity contribution in [3.63, 3.8) is 0 Å².